The Balaban J connectivity index is 1.34. The molecule has 0 bridgehead atoms. The van der Waals surface area contributed by atoms with Gasteiger partial charge in [-0.15, -0.1) is 0 Å². The molecule has 0 atom stereocenters. The quantitative estimate of drug-likeness (QED) is 0.166. The summed E-state index contributed by atoms with van der Waals surface area (Å²) in [6.45, 7) is 2.60. The van der Waals surface area contributed by atoms with Crippen molar-refractivity contribution in [1.82, 2.24) is 25.1 Å². The van der Waals surface area contributed by atoms with E-state index in [9.17, 15) is 14.4 Å². The van der Waals surface area contributed by atoms with Gasteiger partial charge in [-0.1, -0.05) is 30.0 Å². The number of carbonyl (C=O) groups excluding carboxylic acids is 2. The van der Waals surface area contributed by atoms with Crippen molar-refractivity contribution in [2.75, 3.05) is 31.8 Å². The fraction of sp³-hybridized carbons (Fsp3) is 0.321. The Morgan fingerprint density at radius 2 is 1.85 bits per heavy atom. The highest BCUT2D eigenvalue weighted by Crippen LogP contribution is 2.27. The number of amides is 2. The number of carbonyl (C=O) groups is 2. The Labute approximate surface area is 235 Å². The maximum absolute atomic E-state index is 13.3. The SMILES string of the molecule is COc1ccc(CCNC(=O)CCCn2c(SCC(=O)Nc3cc(C)[nH]n3)nc3ccccc3c2=O)cc1OC. The standard InChI is InChI=1S/C28H32N6O5S/c1-18-15-24(33-32-18)31-26(36)17-40-28-30-21-8-5-4-7-20(21)27(37)34(28)14-6-9-25(35)29-13-12-19-10-11-22(38-2)23(16-19)39-3/h4-5,7-8,10-11,15-16H,6,9,12-14,17H2,1-3H3,(H,29,35)(H2,31,32,33,36). The van der Waals surface area contributed by atoms with E-state index in [-0.39, 0.29) is 29.5 Å². The number of hydrogen-bond acceptors (Lipinski definition) is 8. The second kappa shape index (κ2) is 13.7. The number of para-hydroxylation sites is 1. The number of aromatic nitrogens is 4. The largest absolute Gasteiger partial charge is 0.493 e. The summed E-state index contributed by atoms with van der Waals surface area (Å²) in [5, 5.41) is 13.3. The van der Waals surface area contributed by atoms with E-state index in [1.54, 1.807) is 38.5 Å². The van der Waals surface area contributed by atoms with Crippen molar-refractivity contribution in [3.63, 3.8) is 0 Å². The van der Waals surface area contributed by atoms with Crippen LogP contribution >= 0.6 is 11.8 Å². The summed E-state index contributed by atoms with van der Waals surface area (Å²) in [5.41, 5.74) is 2.20. The number of aryl methyl sites for hydroxylation is 1. The second-order valence-corrected chi connectivity index (χ2v) is 9.98. The van der Waals surface area contributed by atoms with E-state index in [2.05, 4.69) is 25.8 Å². The maximum atomic E-state index is 13.3. The molecule has 4 rings (SSSR count). The number of fused-ring (bicyclic) bond motifs is 1. The molecule has 0 spiro atoms. The lowest BCUT2D eigenvalue weighted by Crippen LogP contribution is -2.27. The van der Waals surface area contributed by atoms with Crippen LogP contribution in [0.4, 0.5) is 5.82 Å². The summed E-state index contributed by atoms with van der Waals surface area (Å²) in [6.07, 6.45) is 1.32. The van der Waals surface area contributed by atoms with Crippen LogP contribution in [-0.4, -0.2) is 58.1 Å². The van der Waals surface area contributed by atoms with E-state index in [1.165, 1.54) is 16.3 Å². The molecule has 4 aromatic rings. The molecule has 0 unspecified atom stereocenters. The Morgan fingerprint density at radius 1 is 1.05 bits per heavy atom. The first-order valence-electron chi connectivity index (χ1n) is 12.8. The molecule has 0 saturated heterocycles. The van der Waals surface area contributed by atoms with Gasteiger partial charge in [0.15, 0.2) is 22.5 Å². The molecule has 2 aromatic carbocycles. The number of aromatic amines is 1. The fourth-order valence-corrected chi connectivity index (χ4v) is 4.94. The van der Waals surface area contributed by atoms with Crippen molar-refractivity contribution < 1.29 is 19.1 Å². The lowest BCUT2D eigenvalue weighted by atomic mass is 10.1. The first kappa shape index (κ1) is 28.7. The smallest absolute Gasteiger partial charge is 0.262 e. The third-order valence-electron chi connectivity index (χ3n) is 6.10. The summed E-state index contributed by atoms with van der Waals surface area (Å²) in [4.78, 5) is 42.9. The molecule has 0 radical (unpaired) electrons. The normalized spacial score (nSPS) is 10.9. The number of rotatable bonds is 13. The van der Waals surface area contributed by atoms with Gasteiger partial charge < -0.3 is 20.1 Å². The van der Waals surface area contributed by atoms with Gasteiger partial charge in [0.1, 0.15) is 0 Å². The van der Waals surface area contributed by atoms with Gasteiger partial charge >= 0.3 is 0 Å². The number of ether oxygens (including phenoxy) is 2. The van der Waals surface area contributed by atoms with Crippen molar-refractivity contribution in [3.8, 4) is 11.5 Å². The predicted molar refractivity (Wildman–Crippen MR) is 154 cm³/mol. The molecule has 11 nitrogen and oxygen atoms in total. The molecule has 40 heavy (non-hydrogen) atoms. The number of methoxy groups -OCH3 is 2. The zero-order chi connectivity index (χ0) is 28.5. The van der Waals surface area contributed by atoms with E-state index in [4.69, 9.17) is 9.47 Å². The topological polar surface area (TPSA) is 140 Å². The van der Waals surface area contributed by atoms with Crippen LogP contribution in [0.3, 0.4) is 0 Å². The molecule has 2 amide bonds. The minimum absolute atomic E-state index is 0.0489. The Bertz CT molecular complexity index is 1550. The van der Waals surface area contributed by atoms with Crippen molar-refractivity contribution in [1.29, 1.82) is 0 Å². The van der Waals surface area contributed by atoms with Crippen LogP contribution in [-0.2, 0) is 22.6 Å². The van der Waals surface area contributed by atoms with Crippen LogP contribution in [0.1, 0.15) is 24.1 Å². The average Bonchev–Trinajstić information content (AvgIpc) is 3.37. The number of anilines is 1. The van der Waals surface area contributed by atoms with Crippen LogP contribution in [0.25, 0.3) is 10.9 Å². The van der Waals surface area contributed by atoms with E-state index < -0.39 is 0 Å². The van der Waals surface area contributed by atoms with Gasteiger partial charge in [0.05, 0.1) is 30.9 Å². The Morgan fingerprint density at radius 3 is 2.60 bits per heavy atom. The summed E-state index contributed by atoms with van der Waals surface area (Å²) in [7, 11) is 3.17. The first-order valence-corrected chi connectivity index (χ1v) is 13.8. The summed E-state index contributed by atoms with van der Waals surface area (Å²) < 4.78 is 12.1. The summed E-state index contributed by atoms with van der Waals surface area (Å²) in [6, 6.07) is 14.5. The minimum Gasteiger partial charge on any atom is -0.493 e. The maximum Gasteiger partial charge on any atom is 0.262 e. The van der Waals surface area contributed by atoms with Gasteiger partial charge in [0.25, 0.3) is 5.56 Å². The first-order chi connectivity index (χ1) is 19.4. The number of H-pyrrole nitrogens is 1. The number of benzene rings is 2. The molecule has 3 N–H and O–H groups in total. The van der Waals surface area contributed by atoms with Crippen molar-refractivity contribution in [2.24, 2.45) is 0 Å². The monoisotopic (exact) mass is 564 g/mol. The molecule has 2 heterocycles. The number of nitrogens with zero attached hydrogens (tertiary/aromatic N) is 3. The van der Waals surface area contributed by atoms with E-state index in [1.807, 2.05) is 31.2 Å². The molecule has 0 aliphatic rings. The van der Waals surface area contributed by atoms with Crippen LogP contribution in [0, 0.1) is 6.92 Å². The van der Waals surface area contributed by atoms with Crippen molar-refractivity contribution in [3.05, 3.63) is 70.1 Å². The van der Waals surface area contributed by atoms with Crippen LogP contribution in [0.5, 0.6) is 11.5 Å². The van der Waals surface area contributed by atoms with Gasteiger partial charge in [0.2, 0.25) is 11.8 Å². The summed E-state index contributed by atoms with van der Waals surface area (Å²) in [5.74, 6) is 1.41. The molecule has 0 fully saturated rings. The second-order valence-electron chi connectivity index (χ2n) is 9.03. The van der Waals surface area contributed by atoms with E-state index in [0.717, 1.165) is 11.3 Å². The van der Waals surface area contributed by atoms with Gasteiger partial charge in [-0.25, -0.2) is 4.98 Å². The average molecular weight is 565 g/mol. The molecule has 210 valence electrons. The third kappa shape index (κ3) is 7.41. The fourth-order valence-electron chi connectivity index (χ4n) is 4.11. The molecular weight excluding hydrogens is 532 g/mol. The molecular formula is C28H32N6O5S. The van der Waals surface area contributed by atoms with Crippen LogP contribution in [0.15, 0.2) is 58.5 Å². The lowest BCUT2D eigenvalue weighted by Gasteiger charge is -2.13. The van der Waals surface area contributed by atoms with Crippen LogP contribution < -0.4 is 25.7 Å². The van der Waals surface area contributed by atoms with Gasteiger partial charge in [-0.3, -0.25) is 24.0 Å². The number of thioether (sulfide) groups is 1. The minimum atomic E-state index is -0.265. The molecule has 0 aliphatic heterocycles. The molecule has 12 heteroatoms. The lowest BCUT2D eigenvalue weighted by molar-refractivity contribution is -0.121. The number of hydrogen-bond donors (Lipinski definition) is 3. The number of nitrogens with one attached hydrogen (secondary N) is 3. The van der Waals surface area contributed by atoms with Crippen LogP contribution in [0.2, 0.25) is 0 Å². The highest BCUT2D eigenvalue weighted by Gasteiger charge is 2.15. The molecule has 0 aliphatic carbocycles. The zero-order valence-electron chi connectivity index (χ0n) is 22.7. The highest BCUT2D eigenvalue weighted by atomic mass is 32.2. The Kier molecular flexibility index (Phi) is 9.79. The summed E-state index contributed by atoms with van der Waals surface area (Å²) >= 11 is 1.17. The molecule has 2 aromatic heterocycles. The van der Waals surface area contributed by atoms with E-state index in [0.29, 0.717) is 59.3 Å². The third-order valence-corrected chi connectivity index (χ3v) is 7.08. The van der Waals surface area contributed by atoms with E-state index >= 15 is 0 Å². The highest BCUT2D eigenvalue weighted by molar-refractivity contribution is 7.99. The van der Waals surface area contributed by atoms with Gasteiger partial charge in [-0.05, 0) is 49.6 Å². The van der Waals surface area contributed by atoms with Gasteiger partial charge in [-0.2, -0.15) is 5.10 Å². The van der Waals surface area contributed by atoms with Crippen molar-refractivity contribution in [2.45, 2.75) is 37.9 Å². The van der Waals surface area contributed by atoms with Gasteiger partial charge in [0, 0.05) is 31.3 Å². The Hall–Kier alpha value is -4.32. The van der Waals surface area contributed by atoms with Crippen molar-refractivity contribution >= 4 is 40.3 Å². The molecule has 0 saturated carbocycles. The zero-order valence-corrected chi connectivity index (χ0v) is 23.5. The predicted octanol–water partition coefficient (Wildman–Crippen LogP) is 3.32.